The smallest absolute Gasteiger partial charge is 0.247 e. The van der Waals surface area contributed by atoms with Gasteiger partial charge in [-0.15, -0.1) is 0 Å². The van der Waals surface area contributed by atoms with Crippen LogP contribution < -0.4 is 0 Å². The summed E-state index contributed by atoms with van der Waals surface area (Å²) < 4.78 is 6.81. The van der Waals surface area contributed by atoms with E-state index < -0.39 is 0 Å². The van der Waals surface area contributed by atoms with E-state index in [1.807, 2.05) is 25.7 Å². The minimum Gasteiger partial charge on any atom is -0.361 e. The van der Waals surface area contributed by atoms with Gasteiger partial charge in [0.1, 0.15) is 24.5 Å². The Kier molecular flexibility index (Phi) is 4.42. The second-order valence-corrected chi connectivity index (χ2v) is 5.96. The Balaban J connectivity index is 1.55. The summed E-state index contributed by atoms with van der Waals surface area (Å²) in [7, 11) is 0. The normalized spacial score (nSPS) is 17.4. The monoisotopic (exact) mass is 318 g/mol. The second kappa shape index (κ2) is 6.49. The number of hydrogen-bond donors (Lipinski definition) is 0. The van der Waals surface area contributed by atoms with Crippen LogP contribution >= 0.6 is 0 Å². The van der Waals surface area contributed by atoms with E-state index in [1.165, 1.54) is 6.33 Å². The van der Waals surface area contributed by atoms with Crippen LogP contribution in [0.1, 0.15) is 30.0 Å². The molecule has 0 aliphatic carbocycles. The Hall–Kier alpha value is -2.22. The van der Waals surface area contributed by atoms with Crippen molar-refractivity contribution in [2.75, 3.05) is 26.2 Å². The molecular weight excluding hydrogens is 296 g/mol. The summed E-state index contributed by atoms with van der Waals surface area (Å²) in [6, 6.07) is -0.313. The highest BCUT2D eigenvalue weighted by molar-refractivity contribution is 5.80. The summed E-state index contributed by atoms with van der Waals surface area (Å²) >= 11 is 0. The van der Waals surface area contributed by atoms with Gasteiger partial charge in [0.05, 0.1) is 5.69 Å². The lowest BCUT2D eigenvalue weighted by atomic mass is 10.1. The summed E-state index contributed by atoms with van der Waals surface area (Å²) in [4.78, 5) is 20.7. The van der Waals surface area contributed by atoms with E-state index in [9.17, 15) is 4.79 Å². The fourth-order valence-electron chi connectivity index (χ4n) is 2.87. The zero-order valence-corrected chi connectivity index (χ0v) is 13.8. The van der Waals surface area contributed by atoms with Crippen LogP contribution in [0.25, 0.3) is 0 Å². The van der Waals surface area contributed by atoms with E-state index in [1.54, 1.807) is 11.0 Å². The lowest BCUT2D eigenvalue weighted by Gasteiger charge is -2.35. The molecule has 1 amide bonds. The van der Waals surface area contributed by atoms with E-state index in [0.29, 0.717) is 0 Å². The van der Waals surface area contributed by atoms with Gasteiger partial charge in [0, 0.05) is 38.3 Å². The molecule has 3 heterocycles. The van der Waals surface area contributed by atoms with Crippen LogP contribution in [0, 0.1) is 13.8 Å². The van der Waals surface area contributed by atoms with Gasteiger partial charge in [-0.3, -0.25) is 9.69 Å². The molecule has 2 aromatic heterocycles. The van der Waals surface area contributed by atoms with Crippen molar-refractivity contribution in [2.24, 2.45) is 0 Å². The number of hydrogen-bond acceptors (Lipinski definition) is 6. The predicted molar refractivity (Wildman–Crippen MR) is 82.6 cm³/mol. The zero-order chi connectivity index (χ0) is 16.4. The third-order valence-corrected chi connectivity index (χ3v) is 4.44. The molecule has 124 valence electrons. The number of aromatic nitrogens is 4. The molecule has 1 unspecified atom stereocenters. The Bertz CT molecular complexity index is 638. The van der Waals surface area contributed by atoms with Crippen LogP contribution in [0.4, 0.5) is 0 Å². The first-order valence-electron chi connectivity index (χ1n) is 7.83. The average Bonchev–Trinajstić information content (AvgIpc) is 3.20. The van der Waals surface area contributed by atoms with Gasteiger partial charge in [-0.1, -0.05) is 5.16 Å². The van der Waals surface area contributed by atoms with Crippen molar-refractivity contribution in [3.8, 4) is 0 Å². The highest BCUT2D eigenvalue weighted by Gasteiger charge is 2.26. The van der Waals surface area contributed by atoms with Crippen molar-refractivity contribution in [3.63, 3.8) is 0 Å². The SMILES string of the molecule is Cc1noc(C)c1CN1CCN(C(=O)C(C)n2cncn2)CC1. The Morgan fingerprint density at radius 3 is 2.61 bits per heavy atom. The minimum atomic E-state index is -0.313. The molecule has 2 aromatic rings. The van der Waals surface area contributed by atoms with Gasteiger partial charge in [-0.25, -0.2) is 9.67 Å². The van der Waals surface area contributed by atoms with Gasteiger partial charge in [-0.2, -0.15) is 5.10 Å². The molecule has 1 aliphatic rings. The predicted octanol–water partition coefficient (Wildman–Crippen LogP) is 0.788. The molecule has 0 bridgehead atoms. The number of amides is 1. The number of nitrogens with zero attached hydrogens (tertiary/aromatic N) is 6. The summed E-state index contributed by atoms with van der Waals surface area (Å²) in [5.41, 5.74) is 2.10. The number of rotatable bonds is 4. The maximum absolute atomic E-state index is 12.5. The zero-order valence-electron chi connectivity index (χ0n) is 13.8. The summed E-state index contributed by atoms with van der Waals surface area (Å²) in [5, 5.41) is 8.04. The van der Waals surface area contributed by atoms with Crippen LogP contribution in [0.15, 0.2) is 17.2 Å². The Labute approximate surface area is 135 Å². The topological polar surface area (TPSA) is 80.3 Å². The first-order valence-corrected chi connectivity index (χ1v) is 7.83. The molecule has 1 saturated heterocycles. The largest absolute Gasteiger partial charge is 0.361 e. The quantitative estimate of drug-likeness (QED) is 0.829. The Morgan fingerprint density at radius 2 is 2.04 bits per heavy atom. The summed E-state index contributed by atoms with van der Waals surface area (Å²) in [6.45, 7) is 9.72. The van der Waals surface area contributed by atoms with Gasteiger partial charge in [0.25, 0.3) is 0 Å². The van der Waals surface area contributed by atoms with E-state index in [4.69, 9.17) is 4.52 Å². The lowest BCUT2D eigenvalue weighted by molar-refractivity contribution is -0.136. The van der Waals surface area contributed by atoms with Gasteiger partial charge >= 0.3 is 0 Å². The van der Waals surface area contributed by atoms with Crippen molar-refractivity contribution in [2.45, 2.75) is 33.4 Å². The Morgan fingerprint density at radius 1 is 1.30 bits per heavy atom. The van der Waals surface area contributed by atoms with Crippen molar-refractivity contribution in [1.82, 2.24) is 29.7 Å². The number of aryl methyl sites for hydroxylation is 2. The number of carbonyl (C=O) groups is 1. The van der Waals surface area contributed by atoms with Gasteiger partial charge in [0.15, 0.2) is 0 Å². The fraction of sp³-hybridized carbons (Fsp3) is 0.600. The molecule has 3 rings (SSSR count). The first kappa shape index (κ1) is 15.7. The molecule has 23 heavy (non-hydrogen) atoms. The van der Waals surface area contributed by atoms with E-state index in [2.05, 4.69) is 20.1 Å². The van der Waals surface area contributed by atoms with Gasteiger partial charge in [0.2, 0.25) is 5.91 Å². The maximum atomic E-state index is 12.5. The van der Waals surface area contributed by atoms with Crippen molar-refractivity contribution in [3.05, 3.63) is 29.7 Å². The molecule has 8 heteroatoms. The highest BCUT2D eigenvalue weighted by atomic mass is 16.5. The third kappa shape index (κ3) is 3.26. The molecule has 1 fully saturated rings. The van der Waals surface area contributed by atoms with Crippen LogP contribution in [0.5, 0.6) is 0 Å². The minimum absolute atomic E-state index is 0.0903. The average molecular weight is 318 g/mol. The van der Waals surface area contributed by atoms with Crippen LogP contribution in [0.3, 0.4) is 0 Å². The molecule has 0 radical (unpaired) electrons. The lowest BCUT2D eigenvalue weighted by Crippen LogP contribution is -2.50. The standard InChI is InChI=1S/C15H22N6O2/c1-11-14(13(3)23-18-11)8-19-4-6-20(7-5-19)15(22)12(2)21-10-16-9-17-21/h9-10,12H,4-8H2,1-3H3. The van der Waals surface area contributed by atoms with E-state index in [0.717, 1.165) is 49.7 Å². The van der Waals surface area contributed by atoms with Crippen LogP contribution in [-0.4, -0.2) is 61.8 Å². The first-order chi connectivity index (χ1) is 11.1. The van der Waals surface area contributed by atoms with E-state index in [-0.39, 0.29) is 11.9 Å². The molecule has 0 N–H and O–H groups in total. The van der Waals surface area contributed by atoms with Crippen molar-refractivity contribution in [1.29, 1.82) is 0 Å². The molecule has 0 aromatic carbocycles. The number of piperazine rings is 1. The van der Waals surface area contributed by atoms with Crippen LogP contribution in [0.2, 0.25) is 0 Å². The highest BCUT2D eigenvalue weighted by Crippen LogP contribution is 2.17. The van der Waals surface area contributed by atoms with Gasteiger partial charge in [-0.05, 0) is 20.8 Å². The maximum Gasteiger partial charge on any atom is 0.247 e. The van der Waals surface area contributed by atoms with Crippen molar-refractivity contribution >= 4 is 5.91 Å². The molecule has 1 atom stereocenters. The molecular formula is C15H22N6O2. The van der Waals surface area contributed by atoms with Crippen molar-refractivity contribution < 1.29 is 9.32 Å². The van der Waals surface area contributed by atoms with Crippen LogP contribution in [-0.2, 0) is 11.3 Å². The summed E-state index contributed by atoms with van der Waals surface area (Å²) in [5.74, 6) is 0.966. The number of carbonyl (C=O) groups excluding carboxylic acids is 1. The molecule has 0 saturated carbocycles. The van der Waals surface area contributed by atoms with Gasteiger partial charge < -0.3 is 9.42 Å². The molecule has 1 aliphatic heterocycles. The molecule has 8 nitrogen and oxygen atoms in total. The summed E-state index contributed by atoms with van der Waals surface area (Å²) in [6.07, 6.45) is 3.03. The third-order valence-electron chi connectivity index (χ3n) is 4.44. The van der Waals surface area contributed by atoms with E-state index >= 15 is 0 Å². The fourth-order valence-corrected chi connectivity index (χ4v) is 2.87. The molecule has 0 spiro atoms. The second-order valence-electron chi connectivity index (χ2n) is 5.96.